The first-order chi connectivity index (χ1) is 9.14. The van der Waals surface area contributed by atoms with Crippen LogP contribution in [0.5, 0.6) is 0 Å². The summed E-state index contributed by atoms with van der Waals surface area (Å²) in [7, 11) is 0. The van der Waals surface area contributed by atoms with Crippen molar-refractivity contribution in [1.82, 2.24) is 0 Å². The number of aliphatic carboxylic acids is 1. The number of hydrogen-bond donors (Lipinski definition) is 3. The Labute approximate surface area is 117 Å². The van der Waals surface area contributed by atoms with E-state index in [1.54, 1.807) is 20.8 Å². The predicted octanol–water partition coefficient (Wildman–Crippen LogP) is 1.22. The summed E-state index contributed by atoms with van der Waals surface area (Å²) in [5.74, 6) is -1.22. The van der Waals surface area contributed by atoms with Gasteiger partial charge in [0, 0.05) is 17.9 Å². The van der Waals surface area contributed by atoms with Crippen molar-refractivity contribution in [2.75, 3.05) is 6.61 Å². The number of rotatable bonds is 4. The molecule has 0 amide bonds. The fraction of sp³-hybridized carbons (Fsp3) is 0.467. The van der Waals surface area contributed by atoms with Crippen LogP contribution in [0, 0.1) is 5.41 Å². The van der Waals surface area contributed by atoms with Crippen molar-refractivity contribution in [3.05, 3.63) is 35.5 Å². The normalized spacial score (nSPS) is 31.6. The highest BCUT2D eigenvalue weighted by Gasteiger charge is 2.49. The minimum Gasteiger partial charge on any atom is -0.478 e. The first-order valence-electron chi connectivity index (χ1n) is 6.30. The first-order valence-corrected chi connectivity index (χ1v) is 6.30. The van der Waals surface area contributed by atoms with Crippen LogP contribution in [0.2, 0.25) is 0 Å². The first kappa shape index (κ1) is 16.3. The van der Waals surface area contributed by atoms with Gasteiger partial charge in [-0.15, -0.1) is 0 Å². The Balaban J connectivity index is 3.22. The second-order valence-corrected chi connectivity index (χ2v) is 5.52. The molecule has 0 aromatic heterocycles. The number of allylic oxidation sites excluding steroid dienone is 3. The van der Waals surface area contributed by atoms with Crippen molar-refractivity contribution in [1.29, 1.82) is 0 Å². The van der Waals surface area contributed by atoms with Gasteiger partial charge < -0.3 is 15.3 Å². The summed E-state index contributed by atoms with van der Waals surface area (Å²) >= 11 is 0. The molecule has 0 heterocycles. The third-order valence-electron chi connectivity index (χ3n) is 3.75. The maximum absolute atomic E-state index is 11.6. The van der Waals surface area contributed by atoms with Crippen LogP contribution in [0.4, 0.5) is 0 Å². The van der Waals surface area contributed by atoms with E-state index in [1.807, 2.05) is 0 Å². The average molecular weight is 280 g/mol. The SMILES string of the molecule is CC1=CC(=O)C[C@@](C)(CO)[C@@]1(O)/C=C/C(C)=C\C(=O)O. The lowest BCUT2D eigenvalue weighted by Crippen LogP contribution is -2.52. The van der Waals surface area contributed by atoms with Crippen molar-refractivity contribution in [3.63, 3.8) is 0 Å². The van der Waals surface area contributed by atoms with Crippen molar-refractivity contribution < 1.29 is 24.9 Å². The van der Waals surface area contributed by atoms with Gasteiger partial charge in [-0.2, -0.15) is 0 Å². The molecule has 0 saturated carbocycles. The largest absolute Gasteiger partial charge is 0.478 e. The monoisotopic (exact) mass is 280 g/mol. The van der Waals surface area contributed by atoms with Crippen LogP contribution in [-0.4, -0.2) is 39.3 Å². The minimum atomic E-state index is -1.48. The number of carboxylic acid groups (broad SMARTS) is 1. The molecule has 1 aliphatic rings. The van der Waals surface area contributed by atoms with Gasteiger partial charge in [0.15, 0.2) is 5.78 Å². The molecule has 1 rings (SSSR count). The summed E-state index contributed by atoms with van der Waals surface area (Å²) < 4.78 is 0. The number of aliphatic hydroxyl groups is 2. The van der Waals surface area contributed by atoms with Gasteiger partial charge in [-0.3, -0.25) is 4.79 Å². The molecule has 110 valence electrons. The van der Waals surface area contributed by atoms with Gasteiger partial charge in [0.2, 0.25) is 0 Å². The van der Waals surface area contributed by atoms with Crippen LogP contribution >= 0.6 is 0 Å². The molecule has 0 saturated heterocycles. The maximum Gasteiger partial charge on any atom is 0.328 e. The third kappa shape index (κ3) is 3.05. The van der Waals surface area contributed by atoms with Gasteiger partial charge in [0.25, 0.3) is 0 Å². The van der Waals surface area contributed by atoms with Gasteiger partial charge in [0.1, 0.15) is 5.60 Å². The second kappa shape index (κ2) is 5.73. The Morgan fingerprint density at radius 1 is 1.50 bits per heavy atom. The zero-order valence-corrected chi connectivity index (χ0v) is 11.9. The fourth-order valence-corrected chi connectivity index (χ4v) is 2.40. The van der Waals surface area contributed by atoms with E-state index in [-0.39, 0.29) is 18.8 Å². The fourth-order valence-electron chi connectivity index (χ4n) is 2.40. The summed E-state index contributed by atoms with van der Waals surface area (Å²) in [4.78, 5) is 22.2. The van der Waals surface area contributed by atoms with Gasteiger partial charge in [-0.05, 0) is 37.1 Å². The number of carboxylic acids is 1. The van der Waals surface area contributed by atoms with E-state index in [0.29, 0.717) is 11.1 Å². The van der Waals surface area contributed by atoms with Crippen LogP contribution in [0.1, 0.15) is 27.2 Å². The summed E-state index contributed by atoms with van der Waals surface area (Å²) in [6.45, 7) is 4.48. The number of hydrogen-bond acceptors (Lipinski definition) is 4. The zero-order chi connectivity index (χ0) is 15.6. The molecular formula is C15H20O5. The molecule has 5 heteroatoms. The lowest BCUT2D eigenvalue weighted by atomic mass is 9.64. The molecule has 0 bridgehead atoms. The van der Waals surface area contributed by atoms with Crippen molar-refractivity contribution in [3.8, 4) is 0 Å². The topological polar surface area (TPSA) is 94.8 Å². The van der Waals surface area contributed by atoms with E-state index in [0.717, 1.165) is 6.08 Å². The van der Waals surface area contributed by atoms with Crippen LogP contribution in [0.15, 0.2) is 35.5 Å². The molecule has 2 atom stereocenters. The quantitative estimate of drug-likeness (QED) is 0.531. The second-order valence-electron chi connectivity index (χ2n) is 5.52. The molecule has 20 heavy (non-hydrogen) atoms. The molecule has 0 aromatic rings. The van der Waals surface area contributed by atoms with Gasteiger partial charge >= 0.3 is 5.97 Å². The van der Waals surface area contributed by atoms with Crippen LogP contribution in [0.3, 0.4) is 0 Å². The van der Waals surface area contributed by atoms with Crippen LogP contribution in [0.25, 0.3) is 0 Å². The summed E-state index contributed by atoms with van der Waals surface area (Å²) in [5.41, 5.74) is -1.62. The third-order valence-corrected chi connectivity index (χ3v) is 3.75. The summed E-state index contributed by atoms with van der Waals surface area (Å²) in [6.07, 6.45) is 5.33. The average Bonchev–Trinajstić information content (AvgIpc) is 2.33. The highest BCUT2D eigenvalue weighted by molar-refractivity contribution is 5.93. The smallest absolute Gasteiger partial charge is 0.328 e. The molecular weight excluding hydrogens is 260 g/mol. The number of carbonyl (C=O) groups is 2. The highest BCUT2D eigenvalue weighted by Crippen LogP contribution is 2.44. The Kier molecular flexibility index (Phi) is 4.68. The van der Waals surface area contributed by atoms with E-state index < -0.39 is 17.0 Å². The lowest BCUT2D eigenvalue weighted by Gasteiger charge is -2.45. The zero-order valence-electron chi connectivity index (χ0n) is 11.9. The number of ketones is 1. The summed E-state index contributed by atoms with van der Waals surface area (Å²) in [5, 5.41) is 29.0. The van der Waals surface area contributed by atoms with E-state index >= 15 is 0 Å². The predicted molar refractivity (Wildman–Crippen MR) is 74.1 cm³/mol. The molecule has 0 radical (unpaired) electrons. The molecule has 0 aromatic carbocycles. The van der Waals surface area contributed by atoms with E-state index in [9.17, 15) is 19.8 Å². The van der Waals surface area contributed by atoms with Gasteiger partial charge in [-0.25, -0.2) is 4.79 Å². The van der Waals surface area contributed by atoms with E-state index in [4.69, 9.17) is 5.11 Å². The molecule has 1 aliphatic carbocycles. The molecule has 5 nitrogen and oxygen atoms in total. The Bertz CT molecular complexity index is 514. The highest BCUT2D eigenvalue weighted by atomic mass is 16.4. The molecule has 0 unspecified atom stereocenters. The molecule has 0 fully saturated rings. The summed E-state index contributed by atoms with van der Waals surface area (Å²) in [6, 6.07) is 0. The van der Waals surface area contributed by atoms with E-state index in [2.05, 4.69) is 0 Å². The molecule has 0 aliphatic heterocycles. The van der Waals surface area contributed by atoms with Crippen molar-refractivity contribution in [2.24, 2.45) is 5.41 Å². The lowest BCUT2D eigenvalue weighted by molar-refractivity contribution is -0.131. The Morgan fingerprint density at radius 3 is 2.60 bits per heavy atom. The van der Waals surface area contributed by atoms with Crippen LogP contribution in [-0.2, 0) is 9.59 Å². The molecule has 3 N–H and O–H groups in total. The maximum atomic E-state index is 11.6. The van der Waals surface area contributed by atoms with Gasteiger partial charge in [-0.1, -0.05) is 13.0 Å². The standard InChI is InChI=1S/C15H20O5/c1-10(6-13(18)19)4-5-15(20)11(2)7-12(17)8-14(15,3)9-16/h4-7,16,20H,8-9H2,1-3H3,(H,18,19)/b5-4+,10-6-/t14-,15+/m0/s1. The molecule has 0 spiro atoms. The van der Waals surface area contributed by atoms with Crippen molar-refractivity contribution in [2.45, 2.75) is 32.8 Å². The minimum absolute atomic E-state index is 0.0311. The Hall–Kier alpha value is -1.72. The van der Waals surface area contributed by atoms with Crippen LogP contribution < -0.4 is 0 Å². The Morgan fingerprint density at radius 2 is 2.10 bits per heavy atom. The van der Waals surface area contributed by atoms with Gasteiger partial charge in [0.05, 0.1) is 6.61 Å². The van der Waals surface area contributed by atoms with E-state index in [1.165, 1.54) is 18.2 Å². The van der Waals surface area contributed by atoms with Crippen molar-refractivity contribution >= 4 is 11.8 Å². The number of aliphatic hydroxyl groups excluding tert-OH is 1. The number of carbonyl (C=O) groups excluding carboxylic acids is 1.